The van der Waals surface area contributed by atoms with Crippen molar-refractivity contribution < 1.29 is 13.7 Å². The van der Waals surface area contributed by atoms with E-state index in [1.54, 1.807) is 11.4 Å². The normalized spacial score (nSPS) is 43.7. The minimum absolute atomic E-state index is 0.112. The van der Waals surface area contributed by atoms with E-state index in [-0.39, 0.29) is 22.7 Å². The molecule has 0 amide bonds. The molecule has 0 bridgehead atoms. The van der Waals surface area contributed by atoms with Gasteiger partial charge in [0, 0.05) is 17.7 Å². The number of hydrogen-bond donors (Lipinski definition) is 0. The van der Waals surface area contributed by atoms with E-state index < -0.39 is 13.8 Å². The van der Waals surface area contributed by atoms with Crippen LogP contribution in [0, 0.1) is 5.92 Å². The average molecular weight is 380 g/mol. The lowest BCUT2D eigenvalue weighted by atomic mass is 9.84. The largest absolute Gasteiger partial charge is 0.412 e. The van der Waals surface area contributed by atoms with E-state index in [0.717, 1.165) is 5.75 Å². The van der Waals surface area contributed by atoms with Gasteiger partial charge in [-0.15, -0.1) is 0 Å². The van der Waals surface area contributed by atoms with E-state index in [1.807, 2.05) is 0 Å². The van der Waals surface area contributed by atoms with Crippen LogP contribution in [0.15, 0.2) is 0 Å². The van der Waals surface area contributed by atoms with Crippen molar-refractivity contribution in [1.29, 1.82) is 0 Å². The van der Waals surface area contributed by atoms with E-state index in [0.29, 0.717) is 12.5 Å². The van der Waals surface area contributed by atoms with Crippen molar-refractivity contribution in [3.8, 4) is 0 Å². The van der Waals surface area contributed by atoms with Crippen LogP contribution in [-0.4, -0.2) is 52.9 Å². The molecule has 0 aliphatic carbocycles. The van der Waals surface area contributed by atoms with Gasteiger partial charge < -0.3 is 13.7 Å². The Morgan fingerprint density at radius 1 is 1.41 bits per heavy atom. The summed E-state index contributed by atoms with van der Waals surface area (Å²) in [6.07, 6.45) is 0.151. The maximum Gasteiger partial charge on any atom is 0.192 e. The standard InChI is InChI=1S/C14H30BO3PS2Si/c1-10-11(18-22(6,7)13(2,3)4)12(15)17-14(10)8-16-19(5,20)21-9-14/h10-12H,8-9,15H2,1-7H3/t10-,11?,12-,14+,19?/m1/s1. The Kier molecular flexibility index (Phi) is 5.45. The second-order valence-corrected chi connectivity index (χ2v) is 21.1. The van der Waals surface area contributed by atoms with Gasteiger partial charge in [-0.2, -0.15) is 0 Å². The van der Waals surface area contributed by atoms with Crippen molar-refractivity contribution in [2.75, 3.05) is 19.0 Å². The molecular formula is C14H30BO3PS2Si. The topological polar surface area (TPSA) is 27.7 Å². The second-order valence-electron chi connectivity index (χ2n) is 8.34. The van der Waals surface area contributed by atoms with Crippen LogP contribution < -0.4 is 0 Å². The summed E-state index contributed by atoms with van der Waals surface area (Å²) in [5, 5.41) is 0.213. The molecule has 0 aromatic carbocycles. The molecule has 1 spiro atoms. The third-order valence-electron chi connectivity index (χ3n) is 5.53. The molecule has 2 heterocycles. The maximum absolute atomic E-state index is 6.70. The molecule has 2 fully saturated rings. The molecular weight excluding hydrogens is 350 g/mol. The third-order valence-corrected chi connectivity index (χ3v) is 15.1. The smallest absolute Gasteiger partial charge is 0.192 e. The van der Waals surface area contributed by atoms with E-state index in [9.17, 15) is 0 Å². The fraction of sp³-hybridized carbons (Fsp3) is 1.00. The lowest BCUT2D eigenvalue weighted by Crippen LogP contribution is -2.50. The molecule has 2 rings (SSSR count). The lowest BCUT2D eigenvalue weighted by Gasteiger charge is -2.42. The SMILES string of the molecule is B[C@@H]1O[C@]2(COP(C)(=S)SC2)[C@H](C)C1O[Si](C)(C)C(C)(C)C. The molecule has 2 aliphatic heterocycles. The molecule has 0 N–H and O–H groups in total. The highest BCUT2D eigenvalue weighted by molar-refractivity contribution is 8.69. The van der Waals surface area contributed by atoms with Crippen LogP contribution in [0.1, 0.15) is 27.7 Å². The third kappa shape index (κ3) is 3.71. The number of ether oxygens (including phenoxy) is 1. The molecule has 128 valence electrons. The zero-order chi connectivity index (χ0) is 17.0. The highest BCUT2D eigenvalue weighted by Gasteiger charge is 2.56. The fourth-order valence-corrected chi connectivity index (χ4v) is 8.03. The first kappa shape index (κ1) is 19.5. The first-order valence-electron chi connectivity index (χ1n) is 8.02. The van der Waals surface area contributed by atoms with Gasteiger partial charge in [0.15, 0.2) is 8.32 Å². The summed E-state index contributed by atoms with van der Waals surface area (Å²) in [5.41, 5.74) is -1.89. The van der Waals surface area contributed by atoms with Crippen LogP contribution in [0.25, 0.3) is 0 Å². The van der Waals surface area contributed by atoms with Gasteiger partial charge in [-0.25, -0.2) is 0 Å². The molecule has 2 unspecified atom stereocenters. The molecule has 2 aliphatic rings. The van der Waals surface area contributed by atoms with E-state index in [1.165, 1.54) is 0 Å². The van der Waals surface area contributed by atoms with Gasteiger partial charge in [-0.05, 0) is 24.8 Å². The predicted octanol–water partition coefficient (Wildman–Crippen LogP) is 3.44. The molecule has 3 nitrogen and oxygen atoms in total. The van der Waals surface area contributed by atoms with Gasteiger partial charge in [-0.3, -0.25) is 0 Å². The van der Waals surface area contributed by atoms with Crippen molar-refractivity contribution in [2.24, 2.45) is 5.92 Å². The summed E-state index contributed by atoms with van der Waals surface area (Å²) >= 11 is 7.30. The minimum Gasteiger partial charge on any atom is -0.412 e. The van der Waals surface area contributed by atoms with Crippen LogP contribution in [0.4, 0.5) is 0 Å². The molecule has 0 radical (unpaired) electrons. The Hall–Kier alpha value is 1.16. The number of rotatable bonds is 2. The fourth-order valence-electron chi connectivity index (χ4n) is 2.83. The highest BCUT2D eigenvalue weighted by Crippen LogP contribution is 2.63. The Bertz CT molecular complexity index is 471. The van der Waals surface area contributed by atoms with E-state index >= 15 is 0 Å². The van der Waals surface area contributed by atoms with E-state index in [2.05, 4.69) is 55.3 Å². The van der Waals surface area contributed by atoms with Crippen molar-refractivity contribution >= 4 is 44.8 Å². The molecule has 2 saturated heterocycles. The van der Waals surface area contributed by atoms with E-state index in [4.69, 9.17) is 25.5 Å². The summed E-state index contributed by atoms with van der Waals surface area (Å²) in [6, 6.07) is 0.112. The van der Waals surface area contributed by atoms with Crippen LogP contribution in [0.3, 0.4) is 0 Å². The molecule has 5 atom stereocenters. The van der Waals surface area contributed by atoms with Crippen molar-refractivity contribution in [1.82, 2.24) is 0 Å². The van der Waals surface area contributed by atoms with Gasteiger partial charge in [0.05, 0.1) is 12.7 Å². The van der Waals surface area contributed by atoms with Crippen molar-refractivity contribution in [3.05, 3.63) is 0 Å². The first-order valence-corrected chi connectivity index (χ1v) is 15.7. The zero-order valence-corrected chi connectivity index (χ0v) is 18.7. The monoisotopic (exact) mass is 380 g/mol. The van der Waals surface area contributed by atoms with Gasteiger partial charge in [-0.1, -0.05) is 50.9 Å². The van der Waals surface area contributed by atoms with Gasteiger partial charge in [0.1, 0.15) is 18.9 Å². The number of hydrogen-bond acceptors (Lipinski definition) is 5. The van der Waals surface area contributed by atoms with Gasteiger partial charge in [0.25, 0.3) is 0 Å². The zero-order valence-electron chi connectivity index (χ0n) is 15.1. The summed E-state index contributed by atoms with van der Waals surface area (Å²) in [7, 11) is 0.340. The molecule has 0 saturated carbocycles. The van der Waals surface area contributed by atoms with Crippen molar-refractivity contribution in [3.63, 3.8) is 0 Å². The second kappa shape index (κ2) is 6.15. The summed E-state index contributed by atoms with van der Waals surface area (Å²) < 4.78 is 19.1. The summed E-state index contributed by atoms with van der Waals surface area (Å²) in [5.74, 6) is 1.27. The maximum atomic E-state index is 6.70. The lowest BCUT2D eigenvalue weighted by molar-refractivity contribution is -0.0429. The predicted molar refractivity (Wildman–Crippen MR) is 106 cm³/mol. The molecule has 22 heavy (non-hydrogen) atoms. The summed E-state index contributed by atoms with van der Waals surface area (Å²) in [4.78, 5) is 0. The molecule has 8 heteroatoms. The quantitative estimate of drug-likeness (QED) is 0.541. The van der Waals surface area contributed by atoms with Gasteiger partial charge >= 0.3 is 0 Å². The van der Waals surface area contributed by atoms with Crippen molar-refractivity contribution in [2.45, 2.75) is 63.5 Å². The Balaban J connectivity index is 2.15. The summed E-state index contributed by atoms with van der Waals surface area (Å²) in [6.45, 7) is 16.4. The highest BCUT2D eigenvalue weighted by atomic mass is 32.9. The Labute approximate surface area is 147 Å². The first-order chi connectivity index (χ1) is 9.80. The van der Waals surface area contributed by atoms with Gasteiger partial charge in [0.2, 0.25) is 0 Å². The van der Waals surface area contributed by atoms with Crippen LogP contribution in [0.2, 0.25) is 18.1 Å². The Morgan fingerprint density at radius 2 is 2.00 bits per heavy atom. The molecule has 0 aromatic rings. The van der Waals surface area contributed by atoms with Crippen LogP contribution in [-0.2, 0) is 25.5 Å². The Morgan fingerprint density at radius 3 is 2.45 bits per heavy atom. The minimum atomic E-state index is -1.80. The average Bonchev–Trinajstić information content (AvgIpc) is 2.57. The van der Waals surface area contributed by atoms with Crippen LogP contribution >= 0.6 is 16.8 Å². The molecule has 0 aromatic heterocycles. The van der Waals surface area contributed by atoms with Crippen LogP contribution in [0.5, 0.6) is 0 Å².